The predicted octanol–water partition coefficient (Wildman–Crippen LogP) is 0.832. The summed E-state index contributed by atoms with van der Waals surface area (Å²) >= 11 is 0. The van der Waals surface area contributed by atoms with E-state index in [4.69, 9.17) is 4.74 Å². The van der Waals surface area contributed by atoms with Gasteiger partial charge in [0.1, 0.15) is 5.75 Å². The largest absolute Gasteiger partial charge is 0.484 e. The van der Waals surface area contributed by atoms with E-state index in [1.165, 1.54) is 18.3 Å². The normalized spacial score (nSPS) is 10.0. The number of H-pyrrole nitrogens is 1. The van der Waals surface area contributed by atoms with Crippen molar-refractivity contribution in [2.75, 3.05) is 6.61 Å². The molecular weight excluding hydrogens is 298 g/mol. The second kappa shape index (κ2) is 7.26. The van der Waals surface area contributed by atoms with Gasteiger partial charge in [0, 0.05) is 12.3 Å². The Morgan fingerprint density at radius 1 is 1.09 bits per heavy atom. The van der Waals surface area contributed by atoms with Crippen LogP contribution in [0.4, 0.5) is 0 Å². The molecule has 0 radical (unpaired) electrons. The number of pyridine rings is 1. The topological polar surface area (TPSA) is 100 Å². The Balaban J connectivity index is 1.80. The van der Waals surface area contributed by atoms with Crippen molar-refractivity contribution < 1.29 is 14.3 Å². The minimum absolute atomic E-state index is 0.222. The number of rotatable bonds is 4. The summed E-state index contributed by atoms with van der Waals surface area (Å²) in [5.74, 6) is -0.461. The first-order valence-corrected chi connectivity index (χ1v) is 6.93. The highest BCUT2D eigenvalue weighted by Crippen LogP contribution is 2.16. The maximum Gasteiger partial charge on any atom is 0.276 e. The van der Waals surface area contributed by atoms with Gasteiger partial charge in [-0.3, -0.25) is 25.2 Å². The summed E-state index contributed by atoms with van der Waals surface area (Å²) in [7, 11) is 0. The Bertz CT molecular complexity index is 763. The average molecular weight is 315 g/mol. The van der Waals surface area contributed by atoms with Gasteiger partial charge in [-0.05, 0) is 43.2 Å². The highest BCUT2D eigenvalue weighted by Gasteiger charge is 2.08. The van der Waals surface area contributed by atoms with E-state index in [0.717, 1.165) is 11.1 Å². The van der Waals surface area contributed by atoms with Gasteiger partial charge in [-0.1, -0.05) is 6.07 Å². The van der Waals surface area contributed by atoms with Gasteiger partial charge in [-0.25, -0.2) is 0 Å². The van der Waals surface area contributed by atoms with Crippen molar-refractivity contribution in [3.63, 3.8) is 0 Å². The van der Waals surface area contributed by atoms with Crippen LogP contribution in [0.3, 0.4) is 0 Å². The Kier molecular flexibility index (Phi) is 5.14. The minimum Gasteiger partial charge on any atom is -0.484 e. The molecule has 2 rings (SSSR count). The standard InChI is InChI=1S/C16H17N3O4/c1-10-3-5-13(7-11(10)2)23-9-15(21)18-19-16(22)12-4-6-14(20)17-8-12/h3-8H,9H2,1-2H3,(H,17,20)(H,18,21)(H,19,22). The number of aromatic nitrogens is 1. The van der Waals surface area contributed by atoms with Crippen molar-refractivity contribution in [3.8, 4) is 5.75 Å². The number of ether oxygens (including phenoxy) is 1. The summed E-state index contributed by atoms with van der Waals surface area (Å²) in [6.07, 6.45) is 1.26. The van der Waals surface area contributed by atoms with Gasteiger partial charge < -0.3 is 9.72 Å². The summed E-state index contributed by atoms with van der Waals surface area (Å²) in [5.41, 5.74) is 6.58. The number of hydrazine groups is 1. The molecule has 1 aromatic heterocycles. The lowest BCUT2D eigenvalue weighted by Gasteiger charge is -2.09. The number of hydrogen-bond donors (Lipinski definition) is 3. The Labute approximate surface area is 132 Å². The number of nitrogens with one attached hydrogen (secondary N) is 3. The van der Waals surface area contributed by atoms with Gasteiger partial charge in [0.15, 0.2) is 6.61 Å². The van der Waals surface area contributed by atoms with E-state index >= 15 is 0 Å². The van der Waals surface area contributed by atoms with Crippen LogP contribution < -0.4 is 21.1 Å². The molecule has 1 heterocycles. The number of benzene rings is 1. The lowest BCUT2D eigenvalue weighted by molar-refractivity contribution is -0.123. The van der Waals surface area contributed by atoms with Crippen molar-refractivity contribution in [2.24, 2.45) is 0 Å². The zero-order valence-corrected chi connectivity index (χ0v) is 12.8. The third-order valence-corrected chi connectivity index (χ3v) is 3.21. The van der Waals surface area contributed by atoms with Crippen molar-refractivity contribution in [1.82, 2.24) is 15.8 Å². The summed E-state index contributed by atoms with van der Waals surface area (Å²) in [4.78, 5) is 36.7. The SMILES string of the molecule is Cc1ccc(OCC(=O)NNC(=O)c2ccc(=O)[nH]c2)cc1C. The molecule has 0 saturated carbocycles. The molecule has 7 nitrogen and oxygen atoms in total. The van der Waals surface area contributed by atoms with Crippen molar-refractivity contribution in [2.45, 2.75) is 13.8 Å². The maximum atomic E-state index is 11.7. The first-order chi connectivity index (χ1) is 11.0. The van der Waals surface area contributed by atoms with Crippen LogP contribution in [0.5, 0.6) is 5.75 Å². The first-order valence-electron chi connectivity index (χ1n) is 6.93. The molecule has 2 amide bonds. The monoisotopic (exact) mass is 315 g/mol. The van der Waals surface area contributed by atoms with E-state index < -0.39 is 11.8 Å². The first kappa shape index (κ1) is 16.3. The molecule has 0 fully saturated rings. The van der Waals surface area contributed by atoms with E-state index in [1.54, 1.807) is 6.07 Å². The number of carbonyl (C=O) groups excluding carboxylic acids is 2. The second-order valence-corrected chi connectivity index (χ2v) is 4.98. The second-order valence-electron chi connectivity index (χ2n) is 4.98. The van der Waals surface area contributed by atoms with Gasteiger partial charge in [0.2, 0.25) is 5.56 Å². The zero-order chi connectivity index (χ0) is 16.8. The molecule has 1 aromatic carbocycles. The van der Waals surface area contributed by atoms with Crippen molar-refractivity contribution in [3.05, 3.63) is 63.6 Å². The molecule has 0 saturated heterocycles. The van der Waals surface area contributed by atoms with Crippen LogP contribution >= 0.6 is 0 Å². The molecule has 0 unspecified atom stereocenters. The van der Waals surface area contributed by atoms with Gasteiger partial charge in [0.05, 0.1) is 5.56 Å². The molecule has 0 bridgehead atoms. The molecule has 7 heteroatoms. The van der Waals surface area contributed by atoms with Crippen LogP contribution in [0.1, 0.15) is 21.5 Å². The van der Waals surface area contributed by atoms with Crippen LogP contribution in [-0.2, 0) is 4.79 Å². The Morgan fingerprint density at radius 2 is 1.87 bits per heavy atom. The summed E-state index contributed by atoms with van der Waals surface area (Å²) in [6.45, 7) is 3.71. The minimum atomic E-state index is -0.541. The Hall–Kier alpha value is -3.09. The highest BCUT2D eigenvalue weighted by molar-refractivity contribution is 5.95. The zero-order valence-electron chi connectivity index (χ0n) is 12.8. The predicted molar refractivity (Wildman–Crippen MR) is 84.1 cm³/mol. The molecule has 120 valence electrons. The number of aryl methyl sites for hydroxylation is 2. The number of carbonyl (C=O) groups is 2. The highest BCUT2D eigenvalue weighted by atomic mass is 16.5. The third-order valence-electron chi connectivity index (χ3n) is 3.21. The molecule has 0 aliphatic heterocycles. The molecule has 23 heavy (non-hydrogen) atoms. The van der Waals surface area contributed by atoms with Crippen LogP contribution in [0.15, 0.2) is 41.3 Å². The fraction of sp³-hybridized carbons (Fsp3) is 0.188. The van der Waals surface area contributed by atoms with Crippen molar-refractivity contribution >= 4 is 11.8 Å². The summed E-state index contributed by atoms with van der Waals surface area (Å²) in [6, 6.07) is 8.09. The maximum absolute atomic E-state index is 11.7. The average Bonchev–Trinajstić information content (AvgIpc) is 2.54. The van der Waals surface area contributed by atoms with Crippen molar-refractivity contribution in [1.29, 1.82) is 0 Å². The number of amides is 2. The molecule has 0 aliphatic rings. The smallest absolute Gasteiger partial charge is 0.276 e. The van der Waals surface area contributed by atoms with Crippen LogP contribution in [0.25, 0.3) is 0 Å². The van der Waals surface area contributed by atoms with Gasteiger partial charge >= 0.3 is 0 Å². The lowest BCUT2D eigenvalue weighted by atomic mass is 10.1. The quantitative estimate of drug-likeness (QED) is 0.728. The van der Waals surface area contributed by atoms with E-state index in [2.05, 4.69) is 15.8 Å². The Morgan fingerprint density at radius 3 is 2.52 bits per heavy atom. The van der Waals surface area contributed by atoms with Gasteiger partial charge in [-0.15, -0.1) is 0 Å². The lowest BCUT2D eigenvalue weighted by Crippen LogP contribution is -2.43. The molecule has 3 N–H and O–H groups in total. The fourth-order valence-corrected chi connectivity index (χ4v) is 1.74. The molecule has 2 aromatic rings. The van der Waals surface area contributed by atoms with E-state index in [-0.39, 0.29) is 17.7 Å². The van der Waals surface area contributed by atoms with E-state index in [9.17, 15) is 14.4 Å². The van der Waals surface area contributed by atoms with E-state index in [0.29, 0.717) is 5.75 Å². The summed E-state index contributed by atoms with van der Waals surface area (Å²) < 4.78 is 5.35. The molecule has 0 atom stereocenters. The van der Waals surface area contributed by atoms with Gasteiger partial charge in [0.25, 0.3) is 11.8 Å². The van der Waals surface area contributed by atoms with Crippen LogP contribution in [-0.4, -0.2) is 23.4 Å². The molecular formula is C16H17N3O4. The van der Waals surface area contributed by atoms with Crippen LogP contribution in [0.2, 0.25) is 0 Å². The third kappa shape index (κ3) is 4.70. The van der Waals surface area contributed by atoms with Gasteiger partial charge in [-0.2, -0.15) is 0 Å². The molecule has 0 spiro atoms. The molecule has 0 aliphatic carbocycles. The van der Waals surface area contributed by atoms with Crippen LogP contribution in [0, 0.1) is 13.8 Å². The number of hydrogen-bond acceptors (Lipinski definition) is 4. The number of aromatic amines is 1. The fourth-order valence-electron chi connectivity index (χ4n) is 1.74. The van der Waals surface area contributed by atoms with E-state index in [1.807, 2.05) is 26.0 Å². The summed E-state index contributed by atoms with van der Waals surface area (Å²) in [5, 5.41) is 0.